The van der Waals surface area contributed by atoms with Crippen LogP contribution in [-0.2, 0) is 0 Å². The Morgan fingerprint density at radius 3 is 2.62 bits per heavy atom. The van der Waals surface area contributed by atoms with Crippen LogP contribution in [0.2, 0.25) is 0 Å². The largest absolute Gasteiger partial charge is 0.319 e. The molecule has 1 amide bonds. The van der Waals surface area contributed by atoms with E-state index in [4.69, 9.17) is 0 Å². The summed E-state index contributed by atoms with van der Waals surface area (Å²) in [5, 5.41) is 5.10. The standard InChI is InChI=1S/C20H12F2N2OS/c21-12-7-8-17(15(22)10-12)24-20(25)14-11-18(19-6-3-9-26-19)23-16-5-2-1-4-13(14)16/h1-11H,(H,24,25). The topological polar surface area (TPSA) is 42.0 Å². The zero-order valence-electron chi connectivity index (χ0n) is 13.4. The molecule has 0 aliphatic carbocycles. The molecule has 1 N–H and O–H groups in total. The van der Waals surface area contributed by atoms with Crippen LogP contribution in [0, 0.1) is 11.6 Å². The number of amides is 1. The van der Waals surface area contributed by atoms with Crippen molar-refractivity contribution in [2.24, 2.45) is 0 Å². The Labute approximate surface area is 151 Å². The predicted molar refractivity (Wildman–Crippen MR) is 99.4 cm³/mol. The van der Waals surface area contributed by atoms with Gasteiger partial charge >= 0.3 is 0 Å². The van der Waals surface area contributed by atoms with E-state index in [1.165, 1.54) is 17.4 Å². The van der Waals surface area contributed by atoms with Gasteiger partial charge < -0.3 is 5.32 Å². The smallest absolute Gasteiger partial charge is 0.256 e. The van der Waals surface area contributed by atoms with Crippen molar-refractivity contribution in [2.45, 2.75) is 0 Å². The number of para-hydroxylation sites is 1. The highest BCUT2D eigenvalue weighted by molar-refractivity contribution is 7.13. The molecule has 2 heterocycles. The number of nitrogens with one attached hydrogen (secondary N) is 1. The molecule has 4 rings (SSSR count). The fourth-order valence-electron chi connectivity index (χ4n) is 2.69. The zero-order valence-corrected chi connectivity index (χ0v) is 14.2. The first kappa shape index (κ1) is 16.4. The number of anilines is 1. The minimum Gasteiger partial charge on any atom is -0.319 e. The minimum absolute atomic E-state index is 0.0741. The summed E-state index contributed by atoms with van der Waals surface area (Å²) in [7, 11) is 0. The predicted octanol–water partition coefficient (Wildman–Crippen LogP) is 5.49. The van der Waals surface area contributed by atoms with E-state index in [0.717, 1.165) is 17.0 Å². The molecule has 0 aliphatic rings. The van der Waals surface area contributed by atoms with E-state index in [2.05, 4.69) is 10.3 Å². The molecule has 0 unspecified atom stereocenters. The number of thiophene rings is 1. The molecular formula is C20H12F2N2OS. The number of hydrogen-bond donors (Lipinski definition) is 1. The van der Waals surface area contributed by atoms with Gasteiger partial charge in [-0.2, -0.15) is 0 Å². The number of rotatable bonds is 3. The van der Waals surface area contributed by atoms with Crippen molar-refractivity contribution in [1.29, 1.82) is 0 Å². The summed E-state index contributed by atoms with van der Waals surface area (Å²) in [4.78, 5) is 18.3. The molecule has 0 saturated carbocycles. The van der Waals surface area contributed by atoms with E-state index in [1.54, 1.807) is 12.1 Å². The molecule has 0 spiro atoms. The number of nitrogens with zero attached hydrogens (tertiary/aromatic N) is 1. The van der Waals surface area contributed by atoms with Gasteiger partial charge in [0.05, 0.1) is 27.3 Å². The number of pyridine rings is 1. The van der Waals surface area contributed by atoms with Crippen molar-refractivity contribution in [3.8, 4) is 10.6 Å². The molecule has 0 aliphatic heterocycles. The highest BCUT2D eigenvalue weighted by Gasteiger charge is 2.16. The number of carbonyl (C=O) groups excluding carboxylic acids is 1. The maximum atomic E-state index is 13.9. The molecule has 6 heteroatoms. The summed E-state index contributed by atoms with van der Waals surface area (Å²) in [6.45, 7) is 0. The average Bonchev–Trinajstić information content (AvgIpc) is 3.18. The van der Waals surface area contributed by atoms with Crippen molar-refractivity contribution < 1.29 is 13.6 Å². The van der Waals surface area contributed by atoms with Gasteiger partial charge in [0.1, 0.15) is 11.6 Å². The summed E-state index contributed by atoms with van der Waals surface area (Å²) >= 11 is 1.52. The maximum Gasteiger partial charge on any atom is 0.256 e. The molecule has 0 atom stereocenters. The number of hydrogen-bond acceptors (Lipinski definition) is 3. The molecule has 128 valence electrons. The average molecular weight is 366 g/mol. The summed E-state index contributed by atoms with van der Waals surface area (Å²) in [5.74, 6) is -2.00. The molecule has 0 radical (unpaired) electrons. The first-order chi connectivity index (χ1) is 12.6. The quantitative estimate of drug-likeness (QED) is 0.521. The molecule has 2 aromatic heterocycles. The Bertz CT molecular complexity index is 1110. The number of halogens is 2. The van der Waals surface area contributed by atoms with Crippen LogP contribution < -0.4 is 5.32 Å². The maximum absolute atomic E-state index is 13.9. The molecule has 4 aromatic rings. The van der Waals surface area contributed by atoms with E-state index in [1.807, 2.05) is 35.7 Å². The van der Waals surface area contributed by atoms with Gasteiger partial charge in [-0.1, -0.05) is 24.3 Å². The Hall–Kier alpha value is -3.12. The lowest BCUT2D eigenvalue weighted by Gasteiger charge is -2.10. The summed E-state index contributed by atoms with van der Waals surface area (Å²) in [5.41, 5.74) is 1.64. The second kappa shape index (κ2) is 6.65. The van der Waals surface area contributed by atoms with Gasteiger partial charge in [0.15, 0.2) is 0 Å². The SMILES string of the molecule is O=C(Nc1ccc(F)cc1F)c1cc(-c2cccs2)nc2ccccc12. The first-order valence-corrected chi connectivity index (χ1v) is 8.70. The molecule has 2 aromatic carbocycles. The number of aromatic nitrogens is 1. The number of benzene rings is 2. The third-order valence-electron chi connectivity index (χ3n) is 3.91. The van der Waals surface area contributed by atoms with E-state index in [-0.39, 0.29) is 5.69 Å². The number of fused-ring (bicyclic) bond motifs is 1. The Morgan fingerprint density at radius 1 is 1.00 bits per heavy atom. The Morgan fingerprint density at radius 2 is 1.85 bits per heavy atom. The van der Waals surface area contributed by atoms with Crippen LogP contribution in [0.5, 0.6) is 0 Å². The van der Waals surface area contributed by atoms with Crippen molar-refractivity contribution >= 4 is 33.8 Å². The van der Waals surface area contributed by atoms with Crippen LogP contribution in [-0.4, -0.2) is 10.9 Å². The lowest BCUT2D eigenvalue weighted by Crippen LogP contribution is -2.14. The highest BCUT2D eigenvalue weighted by atomic mass is 32.1. The van der Waals surface area contributed by atoms with E-state index >= 15 is 0 Å². The van der Waals surface area contributed by atoms with E-state index in [9.17, 15) is 13.6 Å². The van der Waals surface area contributed by atoms with Crippen LogP contribution >= 0.6 is 11.3 Å². The lowest BCUT2D eigenvalue weighted by molar-refractivity contribution is 0.102. The molecule has 0 saturated heterocycles. The van der Waals surface area contributed by atoms with Crippen molar-refractivity contribution in [1.82, 2.24) is 4.98 Å². The second-order valence-corrected chi connectivity index (χ2v) is 6.58. The molecule has 0 fully saturated rings. The lowest BCUT2D eigenvalue weighted by atomic mass is 10.1. The highest BCUT2D eigenvalue weighted by Crippen LogP contribution is 2.28. The summed E-state index contributed by atoms with van der Waals surface area (Å²) in [6, 6.07) is 15.8. The number of carbonyl (C=O) groups is 1. The Balaban J connectivity index is 1.80. The first-order valence-electron chi connectivity index (χ1n) is 7.82. The third-order valence-corrected chi connectivity index (χ3v) is 4.81. The Kier molecular flexibility index (Phi) is 4.18. The summed E-state index contributed by atoms with van der Waals surface area (Å²) < 4.78 is 26.9. The van der Waals surface area contributed by atoms with Crippen LogP contribution in [0.4, 0.5) is 14.5 Å². The van der Waals surface area contributed by atoms with Gasteiger partial charge in [-0.15, -0.1) is 11.3 Å². The zero-order chi connectivity index (χ0) is 18.1. The van der Waals surface area contributed by atoms with E-state index < -0.39 is 17.5 Å². The van der Waals surface area contributed by atoms with Crippen molar-refractivity contribution in [2.75, 3.05) is 5.32 Å². The van der Waals surface area contributed by atoms with Crippen LogP contribution in [0.15, 0.2) is 66.0 Å². The molecule has 0 bridgehead atoms. The van der Waals surface area contributed by atoms with Gasteiger partial charge in [0.2, 0.25) is 0 Å². The van der Waals surface area contributed by atoms with Crippen LogP contribution in [0.1, 0.15) is 10.4 Å². The van der Waals surface area contributed by atoms with E-state index in [0.29, 0.717) is 22.2 Å². The fourth-order valence-corrected chi connectivity index (χ4v) is 3.38. The van der Waals surface area contributed by atoms with Crippen LogP contribution in [0.3, 0.4) is 0 Å². The fraction of sp³-hybridized carbons (Fsp3) is 0. The van der Waals surface area contributed by atoms with Crippen LogP contribution in [0.25, 0.3) is 21.5 Å². The molecular weight excluding hydrogens is 354 g/mol. The molecule has 3 nitrogen and oxygen atoms in total. The molecule has 26 heavy (non-hydrogen) atoms. The normalized spacial score (nSPS) is 10.8. The van der Waals surface area contributed by atoms with Gasteiger partial charge in [0.25, 0.3) is 5.91 Å². The van der Waals surface area contributed by atoms with Gasteiger partial charge in [0, 0.05) is 11.5 Å². The van der Waals surface area contributed by atoms with Gasteiger partial charge in [-0.3, -0.25) is 4.79 Å². The van der Waals surface area contributed by atoms with Gasteiger partial charge in [-0.05, 0) is 35.7 Å². The second-order valence-electron chi connectivity index (χ2n) is 5.63. The van der Waals surface area contributed by atoms with Crippen molar-refractivity contribution in [3.05, 3.63) is 83.2 Å². The minimum atomic E-state index is -0.824. The monoisotopic (exact) mass is 366 g/mol. The van der Waals surface area contributed by atoms with Crippen molar-refractivity contribution in [3.63, 3.8) is 0 Å². The summed E-state index contributed by atoms with van der Waals surface area (Å²) in [6.07, 6.45) is 0. The van der Waals surface area contributed by atoms with Gasteiger partial charge in [-0.25, -0.2) is 13.8 Å². The third kappa shape index (κ3) is 3.07.